The van der Waals surface area contributed by atoms with Crippen LogP contribution in [0.3, 0.4) is 0 Å². The van der Waals surface area contributed by atoms with Crippen LogP contribution in [0.5, 0.6) is 0 Å². The fourth-order valence-corrected chi connectivity index (χ4v) is 2.97. The average molecular weight is 249 g/mol. The molecule has 1 N–H and O–H groups in total. The van der Waals surface area contributed by atoms with Crippen molar-refractivity contribution in [1.29, 1.82) is 0 Å². The van der Waals surface area contributed by atoms with Crippen LogP contribution in [0.1, 0.15) is 50.3 Å². The number of ether oxygens (including phenoxy) is 1. The Kier molecular flexibility index (Phi) is 3.96. The molecule has 0 spiro atoms. The first kappa shape index (κ1) is 12.2. The van der Waals surface area contributed by atoms with Crippen molar-refractivity contribution in [3.8, 4) is 0 Å². The van der Waals surface area contributed by atoms with Gasteiger partial charge in [-0.15, -0.1) is 0 Å². The van der Waals surface area contributed by atoms with E-state index in [1.165, 1.54) is 32.1 Å². The van der Waals surface area contributed by atoms with Crippen LogP contribution in [0.2, 0.25) is 0 Å². The summed E-state index contributed by atoms with van der Waals surface area (Å²) >= 11 is 0. The summed E-state index contributed by atoms with van der Waals surface area (Å²) in [5.41, 5.74) is 1.16. The molecule has 2 fully saturated rings. The van der Waals surface area contributed by atoms with Gasteiger partial charge in [-0.25, -0.2) is 0 Å². The Hall–Kier alpha value is -0.870. The zero-order chi connectivity index (χ0) is 12.2. The fourth-order valence-electron chi connectivity index (χ4n) is 2.97. The Morgan fingerprint density at radius 3 is 2.94 bits per heavy atom. The summed E-state index contributed by atoms with van der Waals surface area (Å²) in [6.07, 6.45) is 9.99. The Labute approximate surface area is 109 Å². The molecule has 0 radical (unpaired) electrons. The van der Waals surface area contributed by atoms with E-state index in [1.807, 2.05) is 0 Å². The van der Waals surface area contributed by atoms with Crippen molar-refractivity contribution < 1.29 is 4.74 Å². The van der Waals surface area contributed by atoms with Gasteiger partial charge < -0.3 is 10.1 Å². The zero-order valence-corrected chi connectivity index (χ0v) is 11.0. The van der Waals surface area contributed by atoms with E-state index in [9.17, 15) is 0 Å². The number of nitrogens with zero attached hydrogens (tertiary/aromatic N) is 2. The molecule has 3 rings (SSSR count). The summed E-state index contributed by atoms with van der Waals surface area (Å²) in [7, 11) is 0. The first-order chi connectivity index (χ1) is 8.92. The highest BCUT2D eigenvalue weighted by atomic mass is 16.5. The maximum Gasteiger partial charge on any atom is 0.0762 e. The zero-order valence-electron chi connectivity index (χ0n) is 11.0. The van der Waals surface area contributed by atoms with Gasteiger partial charge in [0.15, 0.2) is 0 Å². The summed E-state index contributed by atoms with van der Waals surface area (Å²) in [6, 6.07) is 3.31. The second-order valence-electron chi connectivity index (χ2n) is 5.52. The first-order valence-electron chi connectivity index (χ1n) is 7.27. The van der Waals surface area contributed by atoms with E-state index in [2.05, 4.69) is 22.3 Å². The van der Waals surface area contributed by atoms with Crippen LogP contribution in [0.25, 0.3) is 0 Å². The van der Waals surface area contributed by atoms with E-state index < -0.39 is 0 Å². The maximum absolute atomic E-state index is 5.36. The van der Waals surface area contributed by atoms with Crippen molar-refractivity contribution in [1.82, 2.24) is 15.1 Å². The highest BCUT2D eigenvalue weighted by Gasteiger charge is 2.17. The smallest absolute Gasteiger partial charge is 0.0762 e. The normalized spacial score (nSPS) is 25.7. The largest absolute Gasteiger partial charge is 0.380 e. The molecule has 4 nitrogen and oxygen atoms in total. The van der Waals surface area contributed by atoms with Gasteiger partial charge in [-0.2, -0.15) is 5.10 Å². The molecule has 0 amide bonds. The minimum absolute atomic E-state index is 0.518. The minimum Gasteiger partial charge on any atom is -0.380 e. The monoisotopic (exact) mass is 249 g/mol. The standard InChI is InChI=1S/C14H23N3O/c1-2-4-14(5-3-1)17-8-6-12(16-17)10-15-13-7-9-18-11-13/h6,8,13-15H,1-5,7,9-11H2. The molecule has 1 saturated heterocycles. The third kappa shape index (κ3) is 2.93. The van der Waals surface area contributed by atoms with Crippen molar-refractivity contribution in [3.05, 3.63) is 18.0 Å². The lowest BCUT2D eigenvalue weighted by atomic mass is 9.96. The molecule has 0 bridgehead atoms. The highest BCUT2D eigenvalue weighted by molar-refractivity contribution is 5.00. The molecule has 100 valence electrons. The fraction of sp³-hybridized carbons (Fsp3) is 0.786. The molecule has 1 aliphatic heterocycles. The van der Waals surface area contributed by atoms with Crippen LogP contribution >= 0.6 is 0 Å². The Balaban J connectivity index is 1.52. The molecular formula is C14H23N3O. The predicted molar refractivity (Wildman–Crippen MR) is 70.4 cm³/mol. The molecule has 1 aliphatic carbocycles. The second-order valence-corrected chi connectivity index (χ2v) is 5.52. The van der Waals surface area contributed by atoms with E-state index in [1.54, 1.807) is 0 Å². The predicted octanol–water partition coefficient (Wildman–Crippen LogP) is 2.27. The molecule has 1 aromatic heterocycles. The van der Waals surface area contributed by atoms with Gasteiger partial charge in [0.05, 0.1) is 18.3 Å². The molecule has 1 atom stereocenters. The molecule has 1 unspecified atom stereocenters. The summed E-state index contributed by atoms with van der Waals surface area (Å²) in [6.45, 7) is 2.62. The number of rotatable bonds is 4. The van der Waals surface area contributed by atoms with Gasteiger partial charge in [0.2, 0.25) is 0 Å². The summed E-state index contributed by atoms with van der Waals surface area (Å²) in [5.74, 6) is 0. The van der Waals surface area contributed by atoms with Crippen molar-refractivity contribution in [3.63, 3.8) is 0 Å². The van der Waals surface area contributed by atoms with Gasteiger partial charge in [-0.3, -0.25) is 4.68 Å². The lowest BCUT2D eigenvalue weighted by Gasteiger charge is -2.21. The van der Waals surface area contributed by atoms with Crippen LogP contribution in [-0.4, -0.2) is 29.0 Å². The minimum atomic E-state index is 0.518. The van der Waals surface area contributed by atoms with E-state index in [0.717, 1.165) is 31.9 Å². The van der Waals surface area contributed by atoms with Crippen LogP contribution in [0.15, 0.2) is 12.3 Å². The Bertz CT molecular complexity index is 365. The maximum atomic E-state index is 5.36. The molecule has 2 heterocycles. The van der Waals surface area contributed by atoms with Gasteiger partial charge in [-0.1, -0.05) is 19.3 Å². The Morgan fingerprint density at radius 2 is 2.17 bits per heavy atom. The number of nitrogens with one attached hydrogen (secondary N) is 1. The van der Waals surface area contributed by atoms with Gasteiger partial charge in [0.1, 0.15) is 0 Å². The van der Waals surface area contributed by atoms with Gasteiger partial charge in [-0.05, 0) is 25.3 Å². The van der Waals surface area contributed by atoms with Gasteiger partial charge in [0.25, 0.3) is 0 Å². The number of hydrogen-bond acceptors (Lipinski definition) is 3. The van der Waals surface area contributed by atoms with Crippen LogP contribution < -0.4 is 5.32 Å². The third-order valence-electron chi connectivity index (χ3n) is 4.11. The van der Waals surface area contributed by atoms with Crippen molar-refractivity contribution in [2.75, 3.05) is 13.2 Å². The lowest BCUT2D eigenvalue weighted by Crippen LogP contribution is -2.28. The SMILES string of the molecule is c1cn(C2CCCCC2)nc1CNC1CCOC1. The topological polar surface area (TPSA) is 39.1 Å². The molecule has 1 saturated carbocycles. The second kappa shape index (κ2) is 5.85. The molecule has 1 aromatic rings. The quantitative estimate of drug-likeness (QED) is 0.889. The number of hydrogen-bond donors (Lipinski definition) is 1. The third-order valence-corrected chi connectivity index (χ3v) is 4.11. The molecular weight excluding hydrogens is 226 g/mol. The molecule has 2 aliphatic rings. The Morgan fingerprint density at radius 1 is 1.28 bits per heavy atom. The highest BCUT2D eigenvalue weighted by Crippen LogP contribution is 2.27. The van der Waals surface area contributed by atoms with E-state index in [-0.39, 0.29) is 0 Å². The van der Waals surface area contributed by atoms with Crippen LogP contribution in [0.4, 0.5) is 0 Å². The van der Waals surface area contributed by atoms with Crippen molar-refractivity contribution >= 4 is 0 Å². The van der Waals surface area contributed by atoms with Crippen molar-refractivity contribution in [2.45, 2.75) is 57.2 Å². The van der Waals surface area contributed by atoms with E-state index in [0.29, 0.717) is 12.1 Å². The molecule has 18 heavy (non-hydrogen) atoms. The van der Waals surface area contributed by atoms with Crippen LogP contribution in [-0.2, 0) is 11.3 Å². The van der Waals surface area contributed by atoms with E-state index in [4.69, 9.17) is 9.84 Å². The van der Waals surface area contributed by atoms with Gasteiger partial charge >= 0.3 is 0 Å². The number of aromatic nitrogens is 2. The lowest BCUT2D eigenvalue weighted by molar-refractivity contribution is 0.189. The summed E-state index contributed by atoms with van der Waals surface area (Å²) < 4.78 is 7.54. The van der Waals surface area contributed by atoms with Crippen LogP contribution in [0, 0.1) is 0 Å². The van der Waals surface area contributed by atoms with E-state index >= 15 is 0 Å². The average Bonchev–Trinajstić information content (AvgIpc) is 3.09. The van der Waals surface area contributed by atoms with Gasteiger partial charge in [0, 0.05) is 25.4 Å². The summed E-state index contributed by atoms with van der Waals surface area (Å²) in [4.78, 5) is 0. The molecule has 4 heteroatoms. The first-order valence-corrected chi connectivity index (χ1v) is 7.27. The van der Waals surface area contributed by atoms with Crippen molar-refractivity contribution in [2.24, 2.45) is 0 Å². The summed E-state index contributed by atoms with van der Waals surface area (Å²) in [5, 5.41) is 8.22. The molecule has 0 aromatic carbocycles.